The summed E-state index contributed by atoms with van der Waals surface area (Å²) in [6.07, 6.45) is 8.42. The zero-order valence-electron chi connectivity index (χ0n) is 30.4. The van der Waals surface area contributed by atoms with E-state index < -0.39 is 12.1 Å². The lowest BCUT2D eigenvalue weighted by Gasteiger charge is -2.52. The number of halogens is 4. The minimum Gasteiger partial charge on any atom is -0.475 e. The Bertz CT molecular complexity index is 1490. The Morgan fingerprint density at radius 1 is 1.00 bits per heavy atom. The summed E-state index contributed by atoms with van der Waals surface area (Å²) in [5.74, 6) is -1.98. The second-order valence-corrected chi connectivity index (χ2v) is 15.0. The predicted octanol–water partition coefficient (Wildman–Crippen LogP) is 7.29. The van der Waals surface area contributed by atoms with E-state index in [1.807, 2.05) is 22.8 Å². The normalized spacial score (nSPS) is 21.8. The minimum absolute atomic E-state index is 0.0134. The van der Waals surface area contributed by atoms with Crippen LogP contribution < -0.4 is 0 Å². The number of benzene rings is 1. The van der Waals surface area contributed by atoms with Crippen molar-refractivity contribution in [3.8, 4) is 0 Å². The average Bonchev–Trinajstić information content (AvgIpc) is 3.49. The molecule has 1 spiro atoms. The first-order valence-electron chi connectivity index (χ1n) is 18.9. The highest BCUT2D eigenvalue weighted by Crippen LogP contribution is 2.42. The van der Waals surface area contributed by atoms with Crippen LogP contribution >= 0.6 is 0 Å². The number of rotatable bonds is 9. The molecule has 3 aliphatic heterocycles. The lowest BCUT2D eigenvalue weighted by atomic mass is 9.75. The van der Waals surface area contributed by atoms with Gasteiger partial charge < -0.3 is 19.6 Å². The van der Waals surface area contributed by atoms with Gasteiger partial charge in [0.15, 0.2) is 0 Å². The van der Waals surface area contributed by atoms with Crippen LogP contribution in [0.1, 0.15) is 106 Å². The van der Waals surface area contributed by atoms with E-state index >= 15 is 0 Å². The largest absolute Gasteiger partial charge is 0.490 e. The molecule has 1 aromatic carbocycles. The Balaban J connectivity index is 0.000000679. The summed E-state index contributed by atoms with van der Waals surface area (Å²) >= 11 is 0. The highest BCUT2D eigenvalue weighted by Gasteiger charge is 2.50. The van der Waals surface area contributed by atoms with E-state index in [1.165, 1.54) is 57.1 Å². The van der Waals surface area contributed by atoms with E-state index in [0.717, 1.165) is 82.6 Å². The number of nitrogens with zero attached hydrogens (tertiary/aromatic N) is 5. The molecular formula is C38H53F4N5O5. The number of aliphatic carboxylic acids is 1. The molecule has 0 radical (unpaired) electrons. The number of likely N-dealkylation sites (tertiary alicyclic amines) is 2. The maximum absolute atomic E-state index is 13.6. The number of hydrogen-bond acceptors (Lipinski definition) is 6. The van der Waals surface area contributed by atoms with Crippen LogP contribution in [0.25, 0.3) is 0 Å². The average molecular weight is 736 g/mol. The van der Waals surface area contributed by atoms with Gasteiger partial charge in [0.1, 0.15) is 17.1 Å². The number of carbonyl (C=O) groups is 3. The smallest absolute Gasteiger partial charge is 0.475 e. The van der Waals surface area contributed by atoms with Crippen molar-refractivity contribution in [3.63, 3.8) is 0 Å². The highest BCUT2D eigenvalue weighted by atomic mass is 19.4. The standard InChI is InChI=1S/C36H52FN5O3.C2HF3O2/c1-3-4-10-30-26-41(24-28-8-6-5-7-9-28)35(44)45-36(30)17-21-39(22-18-36)32-15-19-40(20-16-32)34(43)33-23-27(2)38-42(33)25-29-11-13-31(37)14-12-29;3-2(4,5)1(6)7/h11-14,23,28,30,32H,3-10,15-22,24-26H2,1-2H3;(H,6,7). The molecule has 14 heteroatoms. The topological polar surface area (TPSA) is 108 Å². The summed E-state index contributed by atoms with van der Waals surface area (Å²) in [5.41, 5.74) is 1.97. The number of carbonyl (C=O) groups excluding carboxylic acids is 2. The van der Waals surface area contributed by atoms with Gasteiger partial charge in [-0.25, -0.2) is 14.0 Å². The van der Waals surface area contributed by atoms with Gasteiger partial charge in [0.25, 0.3) is 5.91 Å². The summed E-state index contributed by atoms with van der Waals surface area (Å²) in [7, 11) is 0. The molecule has 1 saturated carbocycles. The van der Waals surface area contributed by atoms with Crippen molar-refractivity contribution in [3.05, 3.63) is 53.1 Å². The fraction of sp³-hybridized carbons (Fsp3) is 0.684. The molecule has 4 aliphatic rings. The third-order valence-electron chi connectivity index (χ3n) is 11.4. The molecule has 1 unspecified atom stereocenters. The number of carboxylic acids is 1. The predicted molar refractivity (Wildman–Crippen MR) is 186 cm³/mol. The summed E-state index contributed by atoms with van der Waals surface area (Å²) < 4.78 is 53.3. The molecule has 1 atom stereocenters. The van der Waals surface area contributed by atoms with Crippen molar-refractivity contribution < 1.29 is 41.8 Å². The third kappa shape index (κ3) is 10.0. The summed E-state index contributed by atoms with van der Waals surface area (Å²) in [5, 5.41) is 11.7. The summed E-state index contributed by atoms with van der Waals surface area (Å²) in [6, 6.07) is 8.66. The fourth-order valence-electron chi connectivity index (χ4n) is 8.44. The quantitative estimate of drug-likeness (QED) is 0.270. The van der Waals surface area contributed by atoms with E-state index in [2.05, 4.69) is 16.9 Å². The fourth-order valence-corrected chi connectivity index (χ4v) is 8.44. The molecule has 288 valence electrons. The zero-order valence-corrected chi connectivity index (χ0v) is 30.4. The van der Waals surface area contributed by atoms with Crippen LogP contribution in [0.2, 0.25) is 0 Å². The Morgan fingerprint density at radius 2 is 1.63 bits per heavy atom. The van der Waals surface area contributed by atoms with Crippen LogP contribution in [-0.2, 0) is 16.1 Å². The van der Waals surface area contributed by atoms with Gasteiger partial charge >= 0.3 is 18.2 Å². The van der Waals surface area contributed by atoms with Crippen molar-refractivity contribution >= 4 is 18.0 Å². The molecule has 1 aromatic heterocycles. The first-order chi connectivity index (χ1) is 24.8. The Labute approximate surface area is 303 Å². The maximum atomic E-state index is 13.6. The van der Waals surface area contributed by atoms with E-state index in [9.17, 15) is 27.2 Å². The van der Waals surface area contributed by atoms with Gasteiger partial charge in [0, 0.05) is 64.1 Å². The number of amides is 2. The van der Waals surface area contributed by atoms with E-state index in [-0.39, 0.29) is 23.4 Å². The minimum atomic E-state index is -5.08. The van der Waals surface area contributed by atoms with Crippen molar-refractivity contribution in [2.75, 3.05) is 39.3 Å². The van der Waals surface area contributed by atoms with Gasteiger partial charge in [0.05, 0.1) is 12.2 Å². The van der Waals surface area contributed by atoms with Crippen LogP contribution in [0.15, 0.2) is 30.3 Å². The van der Waals surface area contributed by atoms with Crippen LogP contribution in [0.5, 0.6) is 0 Å². The molecule has 52 heavy (non-hydrogen) atoms. The Kier molecular flexibility index (Phi) is 13.2. The molecular weight excluding hydrogens is 682 g/mol. The van der Waals surface area contributed by atoms with E-state index in [4.69, 9.17) is 14.6 Å². The molecule has 4 fully saturated rings. The van der Waals surface area contributed by atoms with Gasteiger partial charge in [-0.15, -0.1) is 0 Å². The lowest BCUT2D eigenvalue weighted by molar-refractivity contribution is -0.192. The lowest BCUT2D eigenvalue weighted by Crippen LogP contribution is -2.61. The van der Waals surface area contributed by atoms with Gasteiger partial charge in [-0.1, -0.05) is 51.2 Å². The van der Waals surface area contributed by atoms with E-state index in [0.29, 0.717) is 30.1 Å². The molecule has 3 saturated heterocycles. The number of aromatic nitrogens is 2. The maximum Gasteiger partial charge on any atom is 0.490 e. The van der Waals surface area contributed by atoms with Gasteiger partial charge in [-0.2, -0.15) is 18.3 Å². The SMILES string of the molecule is CCCCC1CN(CC2CCCCC2)C(=O)OC12CCN(C1CCN(C(=O)c3cc(C)nn3Cc3ccc(F)cc3)CC1)CC2.O=C(O)C(F)(F)F. The first-order valence-corrected chi connectivity index (χ1v) is 18.9. The molecule has 1 aliphatic carbocycles. The van der Waals surface area contributed by atoms with Crippen LogP contribution in [0.4, 0.5) is 22.4 Å². The monoisotopic (exact) mass is 735 g/mol. The third-order valence-corrected chi connectivity index (χ3v) is 11.4. The van der Waals surface area contributed by atoms with Gasteiger partial charge in [-0.3, -0.25) is 14.4 Å². The van der Waals surface area contributed by atoms with Crippen LogP contribution in [-0.4, -0.2) is 105 Å². The Morgan fingerprint density at radius 3 is 2.23 bits per heavy atom. The molecule has 6 rings (SSSR count). The van der Waals surface area contributed by atoms with Crippen LogP contribution in [0, 0.1) is 24.6 Å². The number of piperidine rings is 2. The van der Waals surface area contributed by atoms with Crippen molar-refractivity contribution in [1.82, 2.24) is 24.5 Å². The van der Waals surface area contributed by atoms with Crippen molar-refractivity contribution in [2.24, 2.45) is 11.8 Å². The zero-order chi connectivity index (χ0) is 37.5. The molecule has 0 bridgehead atoms. The summed E-state index contributed by atoms with van der Waals surface area (Å²) in [6.45, 7) is 9.64. The molecule has 2 aromatic rings. The second-order valence-electron chi connectivity index (χ2n) is 15.0. The van der Waals surface area contributed by atoms with Crippen molar-refractivity contribution in [2.45, 2.75) is 115 Å². The Hall–Kier alpha value is -3.68. The second kappa shape index (κ2) is 17.4. The van der Waals surface area contributed by atoms with Crippen LogP contribution in [0.3, 0.4) is 0 Å². The number of carboxylic acid groups (broad SMARTS) is 1. The number of unbranched alkanes of at least 4 members (excludes halogenated alkanes) is 1. The molecule has 10 nitrogen and oxygen atoms in total. The number of ether oxygens (including phenoxy) is 1. The summed E-state index contributed by atoms with van der Waals surface area (Å²) in [4.78, 5) is 42.4. The van der Waals surface area contributed by atoms with Crippen molar-refractivity contribution in [1.29, 1.82) is 0 Å². The highest BCUT2D eigenvalue weighted by molar-refractivity contribution is 5.92. The van der Waals surface area contributed by atoms with E-state index in [1.54, 1.807) is 16.8 Å². The van der Waals surface area contributed by atoms with Gasteiger partial charge in [0.2, 0.25) is 0 Å². The molecule has 1 N–H and O–H groups in total. The number of aryl methyl sites for hydroxylation is 1. The van der Waals surface area contributed by atoms with Gasteiger partial charge in [-0.05, 0) is 68.7 Å². The number of hydrogen-bond donors (Lipinski definition) is 1. The first kappa shape index (κ1) is 39.5. The molecule has 2 amide bonds. The number of alkyl halides is 3. The molecule has 4 heterocycles.